The normalized spacial score (nSPS) is 20.2. The fourth-order valence-corrected chi connectivity index (χ4v) is 4.42. The lowest BCUT2D eigenvalue weighted by molar-refractivity contribution is 0.120. The summed E-state index contributed by atoms with van der Waals surface area (Å²) >= 11 is 0. The van der Waals surface area contributed by atoms with Crippen LogP contribution in [-0.2, 0) is 13.3 Å². The van der Waals surface area contributed by atoms with Gasteiger partial charge in [0.25, 0.3) is 0 Å². The van der Waals surface area contributed by atoms with Gasteiger partial charge in [0.05, 0.1) is 5.54 Å². The van der Waals surface area contributed by atoms with Crippen molar-refractivity contribution >= 4 is 8.80 Å². The van der Waals surface area contributed by atoms with Crippen LogP contribution in [0.4, 0.5) is 0 Å². The fraction of sp³-hybridized carbons (Fsp3) is 0.667. The molecule has 0 aromatic carbocycles. The molecule has 1 atom stereocenters. The largest absolute Gasteiger partial charge is 0.511 e. The highest BCUT2D eigenvalue weighted by Gasteiger charge is 2.48. The third kappa shape index (κ3) is 2.63. The average Bonchev–Trinajstić information content (AvgIpc) is 2.79. The van der Waals surface area contributed by atoms with Crippen molar-refractivity contribution in [2.45, 2.75) is 31.7 Å². The summed E-state index contributed by atoms with van der Waals surface area (Å²) in [7, 11) is 2.46. The summed E-state index contributed by atoms with van der Waals surface area (Å²) in [6, 6.07) is 0. The maximum atomic E-state index is 5.53. The van der Waals surface area contributed by atoms with Crippen LogP contribution in [0.1, 0.15) is 26.2 Å². The lowest BCUT2D eigenvalue weighted by atomic mass is 10.1. The van der Waals surface area contributed by atoms with E-state index in [1.54, 1.807) is 21.3 Å². The van der Waals surface area contributed by atoms with E-state index < -0.39 is 8.80 Å². The van der Waals surface area contributed by atoms with E-state index in [2.05, 4.69) is 25.2 Å². The van der Waals surface area contributed by atoms with Gasteiger partial charge >= 0.3 is 8.80 Å². The molecular weight excluding hydrogens is 220 g/mol. The van der Waals surface area contributed by atoms with Gasteiger partial charge in [0.1, 0.15) is 0 Å². The highest BCUT2D eigenvalue weighted by atomic mass is 28.4. The van der Waals surface area contributed by atoms with E-state index in [4.69, 9.17) is 13.3 Å². The Kier molecular flexibility index (Phi) is 5.41. The fourth-order valence-electron chi connectivity index (χ4n) is 2.11. The SMILES string of the molecule is CCCCC1=CC=CC1[Si](OC)(OC)OC. The molecule has 16 heavy (non-hydrogen) atoms. The predicted octanol–water partition coefficient (Wildman–Crippen LogP) is 2.92. The Morgan fingerprint density at radius 1 is 1.19 bits per heavy atom. The number of hydrogen-bond donors (Lipinski definition) is 0. The summed E-state index contributed by atoms with van der Waals surface area (Å²) in [6.07, 6.45) is 9.87. The average molecular weight is 242 g/mol. The van der Waals surface area contributed by atoms with Crippen LogP contribution in [0.2, 0.25) is 5.54 Å². The molecule has 0 radical (unpaired) electrons. The maximum absolute atomic E-state index is 5.53. The number of hydrogen-bond acceptors (Lipinski definition) is 3. The molecule has 0 aromatic heterocycles. The second-order valence-corrected chi connectivity index (χ2v) is 6.98. The van der Waals surface area contributed by atoms with E-state index in [1.807, 2.05) is 0 Å². The highest BCUT2D eigenvalue weighted by molar-refractivity contribution is 6.63. The van der Waals surface area contributed by atoms with Gasteiger partial charge in [0.2, 0.25) is 0 Å². The Morgan fingerprint density at radius 2 is 1.81 bits per heavy atom. The first kappa shape index (κ1) is 13.6. The minimum atomic E-state index is -2.55. The molecule has 1 aliphatic rings. The molecule has 0 saturated heterocycles. The summed E-state index contributed by atoms with van der Waals surface area (Å²) in [5.41, 5.74) is 1.57. The summed E-state index contributed by atoms with van der Waals surface area (Å²) in [4.78, 5) is 0. The van der Waals surface area contributed by atoms with Crippen molar-refractivity contribution in [3.63, 3.8) is 0 Å². The second kappa shape index (κ2) is 6.35. The third-order valence-corrected chi connectivity index (χ3v) is 6.10. The molecule has 1 aliphatic carbocycles. The quantitative estimate of drug-likeness (QED) is 0.642. The smallest absolute Gasteiger partial charge is 0.376 e. The molecule has 0 aromatic rings. The predicted molar refractivity (Wildman–Crippen MR) is 67.3 cm³/mol. The standard InChI is InChI=1S/C12H22O3Si/c1-5-6-8-11-9-7-10-12(11)16(13-2,14-3)15-4/h7,9-10,12H,5-6,8H2,1-4H3. The highest BCUT2D eigenvalue weighted by Crippen LogP contribution is 2.38. The van der Waals surface area contributed by atoms with Gasteiger partial charge in [-0.3, -0.25) is 0 Å². The molecule has 92 valence electrons. The van der Waals surface area contributed by atoms with Gasteiger partial charge in [0.15, 0.2) is 0 Å². The van der Waals surface area contributed by atoms with Crippen LogP contribution < -0.4 is 0 Å². The number of allylic oxidation sites excluding steroid dienone is 4. The molecule has 0 N–H and O–H groups in total. The second-order valence-electron chi connectivity index (χ2n) is 3.92. The lowest BCUT2D eigenvalue weighted by Gasteiger charge is -2.30. The maximum Gasteiger partial charge on any atom is 0.511 e. The van der Waals surface area contributed by atoms with Crippen molar-refractivity contribution in [1.29, 1.82) is 0 Å². The van der Waals surface area contributed by atoms with Crippen LogP contribution in [0.3, 0.4) is 0 Å². The first-order valence-corrected chi connectivity index (χ1v) is 7.57. The van der Waals surface area contributed by atoms with Crippen LogP contribution in [0.15, 0.2) is 23.8 Å². The van der Waals surface area contributed by atoms with E-state index >= 15 is 0 Å². The van der Waals surface area contributed by atoms with Crippen molar-refractivity contribution in [3.8, 4) is 0 Å². The Morgan fingerprint density at radius 3 is 2.31 bits per heavy atom. The van der Waals surface area contributed by atoms with Gasteiger partial charge < -0.3 is 13.3 Å². The summed E-state index contributed by atoms with van der Waals surface area (Å²) in [5, 5.41) is 0. The first-order chi connectivity index (χ1) is 7.74. The van der Waals surface area contributed by atoms with E-state index in [0.717, 1.165) is 6.42 Å². The number of rotatable bonds is 7. The molecule has 0 heterocycles. The van der Waals surface area contributed by atoms with Crippen molar-refractivity contribution in [2.24, 2.45) is 0 Å². The van der Waals surface area contributed by atoms with E-state index in [0.29, 0.717) is 0 Å². The van der Waals surface area contributed by atoms with Crippen molar-refractivity contribution < 1.29 is 13.3 Å². The third-order valence-electron chi connectivity index (χ3n) is 3.07. The molecule has 0 spiro atoms. The summed E-state index contributed by atoms with van der Waals surface area (Å²) in [5.74, 6) is 0. The van der Waals surface area contributed by atoms with Crippen LogP contribution in [0.25, 0.3) is 0 Å². The van der Waals surface area contributed by atoms with Gasteiger partial charge in [0, 0.05) is 21.3 Å². The summed E-state index contributed by atoms with van der Waals surface area (Å²) in [6.45, 7) is 2.20. The Bertz CT molecular complexity index is 261. The van der Waals surface area contributed by atoms with Gasteiger partial charge in [-0.05, 0) is 12.8 Å². The zero-order chi connectivity index (χ0) is 12.0. The van der Waals surface area contributed by atoms with Gasteiger partial charge in [-0.1, -0.05) is 37.1 Å². The Balaban J connectivity index is 2.77. The van der Waals surface area contributed by atoms with Gasteiger partial charge in [-0.15, -0.1) is 0 Å². The molecule has 0 bridgehead atoms. The zero-order valence-electron chi connectivity index (χ0n) is 10.7. The molecule has 1 unspecified atom stereocenters. The van der Waals surface area contributed by atoms with Crippen LogP contribution in [0.5, 0.6) is 0 Å². The van der Waals surface area contributed by atoms with Crippen LogP contribution in [-0.4, -0.2) is 30.1 Å². The monoisotopic (exact) mass is 242 g/mol. The summed E-state index contributed by atoms with van der Waals surface area (Å²) < 4.78 is 16.6. The lowest BCUT2D eigenvalue weighted by Crippen LogP contribution is -2.47. The van der Waals surface area contributed by atoms with Crippen molar-refractivity contribution in [1.82, 2.24) is 0 Å². The minimum absolute atomic E-state index is 0.194. The van der Waals surface area contributed by atoms with Crippen molar-refractivity contribution in [2.75, 3.05) is 21.3 Å². The van der Waals surface area contributed by atoms with Gasteiger partial charge in [-0.25, -0.2) is 0 Å². The molecule has 4 heteroatoms. The molecule has 1 rings (SSSR count). The zero-order valence-corrected chi connectivity index (χ0v) is 11.7. The van der Waals surface area contributed by atoms with E-state index in [9.17, 15) is 0 Å². The van der Waals surface area contributed by atoms with E-state index in [-0.39, 0.29) is 5.54 Å². The molecule has 0 saturated carbocycles. The van der Waals surface area contributed by atoms with Gasteiger partial charge in [-0.2, -0.15) is 0 Å². The van der Waals surface area contributed by atoms with Crippen molar-refractivity contribution in [3.05, 3.63) is 23.8 Å². The van der Waals surface area contributed by atoms with Crippen LogP contribution in [0, 0.1) is 0 Å². The van der Waals surface area contributed by atoms with E-state index in [1.165, 1.54) is 18.4 Å². The molecule has 0 aliphatic heterocycles. The Hall–Kier alpha value is -0.423. The number of unbranched alkanes of at least 4 members (excludes halogenated alkanes) is 1. The van der Waals surface area contributed by atoms with Crippen LogP contribution >= 0.6 is 0 Å². The Labute approximate surface area is 99.5 Å². The minimum Gasteiger partial charge on any atom is -0.376 e. The first-order valence-electron chi connectivity index (χ1n) is 5.76. The molecule has 3 nitrogen and oxygen atoms in total. The topological polar surface area (TPSA) is 27.7 Å². The molecule has 0 fully saturated rings. The molecule has 0 amide bonds. The molecular formula is C12H22O3Si.